The summed E-state index contributed by atoms with van der Waals surface area (Å²) in [5, 5.41) is 12.6. The van der Waals surface area contributed by atoms with E-state index in [9.17, 15) is 9.59 Å². The SMILES string of the molecule is Cc1nsc(N(C)C(=O)CNCC2CC2)c1C(=O)O. The lowest BCUT2D eigenvalue weighted by Gasteiger charge is -2.16. The molecule has 1 aromatic rings. The first-order valence-corrected chi connectivity index (χ1v) is 6.95. The molecule has 1 aliphatic rings. The Hall–Kier alpha value is -1.47. The number of carboxylic acids is 1. The number of carboxylic acid groups (broad SMARTS) is 1. The second kappa shape index (κ2) is 5.66. The van der Waals surface area contributed by atoms with E-state index in [-0.39, 0.29) is 18.0 Å². The fraction of sp³-hybridized carbons (Fsp3) is 0.583. The van der Waals surface area contributed by atoms with E-state index in [1.165, 1.54) is 17.7 Å². The lowest BCUT2D eigenvalue weighted by molar-refractivity contribution is -0.117. The molecule has 104 valence electrons. The van der Waals surface area contributed by atoms with E-state index >= 15 is 0 Å². The number of hydrogen-bond donors (Lipinski definition) is 2. The van der Waals surface area contributed by atoms with Crippen molar-refractivity contribution in [3.8, 4) is 0 Å². The van der Waals surface area contributed by atoms with Crippen LogP contribution in [0.3, 0.4) is 0 Å². The highest BCUT2D eigenvalue weighted by Gasteiger charge is 2.24. The molecule has 7 heteroatoms. The van der Waals surface area contributed by atoms with Gasteiger partial charge in [0, 0.05) is 7.05 Å². The molecular weight excluding hydrogens is 266 g/mol. The van der Waals surface area contributed by atoms with Gasteiger partial charge in [-0.15, -0.1) is 0 Å². The van der Waals surface area contributed by atoms with Crippen molar-refractivity contribution >= 4 is 28.4 Å². The molecule has 6 nitrogen and oxygen atoms in total. The predicted octanol–water partition coefficient (Wildman–Crippen LogP) is 1.11. The number of anilines is 1. The normalized spacial score (nSPS) is 14.4. The Bertz CT molecular complexity index is 496. The first kappa shape index (κ1) is 14.0. The van der Waals surface area contributed by atoms with Gasteiger partial charge in [-0.3, -0.25) is 4.79 Å². The molecule has 19 heavy (non-hydrogen) atoms. The van der Waals surface area contributed by atoms with E-state index in [1.54, 1.807) is 14.0 Å². The standard InChI is InChI=1S/C12H17N3O3S/c1-7-10(12(17)18)11(19-14-7)15(2)9(16)6-13-5-8-3-4-8/h8,13H,3-6H2,1-2H3,(H,17,18). The fourth-order valence-electron chi connectivity index (χ4n) is 1.77. The van der Waals surface area contributed by atoms with Gasteiger partial charge in [-0.1, -0.05) is 0 Å². The molecule has 1 saturated carbocycles. The Kier molecular flexibility index (Phi) is 4.16. The molecule has 0 atom stereocenters. The molecule has 2 N–H and O–H groups in total. The van der Waals surface area contributed by atoms with Crippen LogP contribution in [-0.2, 0) is 4.79 Å². The third-order valence-electron chi connectivity index (χ3n) is 3.14. The van der Waals surface area contributed by atoms with Gasteiger partial charge in [0.1, 0.15) is 10.6 Å². The topological polar surface area (TPSA) is 82.5 Å². The third kappa shape index (κ3) is 3.30. The van der Waals surface area contributed by atoms with Crippen LogP contribution in [0.2, 0.25) is 0 Å². The van der Waals surface area contributed by atoms with Gasteiger partial charge in [0.2, 0.25) is 5.91 Å². The molecule has 0 aromatic carbocycles. The van der Waals surface area contributed by atoms with Crippen LogP contribution in [0.5, 0.6) is 0 Å². The largest absolute Gasteiger partial charge is 0.478 e. The van der Waals surface area contributed by atoms with Gasteiger partial charge in [0.15, 0.2) is 0 Å². The minimum Gasteiger partial charge on any atom is -0.478 e. The molecule has 2 rings (SSSR count). The van der Waals surface area contributed by atoms with Gasteiger partial charge in [-0.05, 0) is 43.8 Å². The monoisotopic (exact) mass is 283 g/mol. The summed E-state index contributed by atoms with van der Waals surface area (Å²) in [5.74, 6) is -0.489. The number of carbonyl (C=O) groups is 2. The summed E-state index contributed by atoms with van der Waals surface area (Å²) in [6.45, 7) is 2.71. The predicted molar refractivity (Wildman–Crippen MR) is 72.8 cm³/mol. The van der Waals surface area contributed by atoms with Crippen LogP contribution >= 0.6 is 11.5 Å². The van der Waals surface area contributed by atoms with Crippen LogP contribution in [-0.4, -0.2) is 41.5 Å². The van der Waals surface area contributed by atoms with Crippen LogP contribution in [0.1, 0.15) is 28.9 Å². The van der Waals surface area contributed by atoms with E-state index in [0.29, 0.717) is 16.6 Å². The van der Waals surface area contributed by atoms with Gasteiger partial charge >= 0.3 is 5.97 Å². The molecule has 0 spiro atoms. The lowest BCUT2D eigenvalue weighted by Crippen LogP contribution is -2.36. The number of hydrogen-bond acceptors (Lipinski definition) is 5. The number of nitrogens with one attached hydrogen (secondary N) is 1. The first-order valence-electron chi connectivity index (χ1n) is 6.17. The van der Waals surface area contributed by atoms with Crippen LogP contribution in [0, 0.1) is 12.8 Å². The quantitative estimate of drug-likeness (QED) is 0.817. The molecule has 1 fully saturated rings. The number of nitrogens with zero attached hydrogens (tertiary/aromatic N) is 2. The summed E-state index contributed by atoms with van der Waals surface area (Å²) in [4.78, 5) is 24.5. The summed E-state index contributed by atoms with van der Waals surface area (Å²) in [5.41, 5.74) is 0.557. The Morgan fingerprint density at radius 3 is 2.79 bits per heavy atom. The number of carbonyl (C=O) groups excluding carboxylic acids is 1. The van der Waals surface area contributed by atoms with E-state index in [2.05, 4.69) is 9.69 Å². The smallest absolute Gasteiger partial charge is 0.340 e. The second-order valence-electron chi connectivity index (χ2n) is 4.78. The summed E-state index contributed by atoms with van der Waals surface area (Å²) in [7, 11) is 1.58. The summed E-state index contributed by atoms with van der Waals surface area (Å²) in [6.07, 6.45) is 2.46. The molecule has 0 radical (unpaired) electrons. The van der Waals surface area contributed by atoms with Gasteiger partial charge in [0.05, 0.1) is 12.2 Å². The highest BCUT2D eigenvalue weighted by molar-refractivity contribution is 7.11. The van der Waals surface area contributed by atoms with E-state index < -0.39 is 5.97 Å². The average Bonchev–Trinajstić information content (AvgIpc) is 3.09. The van der Waals surface area contributed by atoms with Crippen LogP contribution in [0.25, 0.3) is 0 Å². The number of amides is 1. The Morgan fingerprint density at radius 2 is 2.21 bits per heavy atom. The van der Waals surface area contributed by atoms with Crippen molar-refractivity contribution in [1.29, 1.82) is 0 Å². The van der Waals surface area contributed by atoms with Crippen molar-refractivity contribution in [2.75, 3.05) is 25.0 Å². The number of aryl methyl sites for hydroxylation is 1. The van der Waals surface area contributed by atoms with Crippen molar-refractivity contribution in [2.45, 2.75) is 19.8 Å². The number of aromatic carboxylic acids is 1. The minimum atomic E-state index is -1.05. The molecule has 1 aromatic heterocycles. The Balaban J connectivity index is 1.99. The molecule has 0 saturated heterocycles. The Labute approximate surface area is 115 Å². The lowest BCUT2D eigenvalue weighted by atomic mass is 10.2. The zero-order chi connectivity index (χ0) is 14.0. The van der Waals surface area contributed by atoms with Crippen molar-refractivity contribution in [3.05, 3.63) is 11.3 Å². The minimum absolute atomic E-state index is 0.114. The maximum absolute atomic E-state index is 12.0. The number of likely N-dealkylation sites (N-methyl/N-ethyl adjacent to an activating group) is 1. The summed E-state index contributed by atoms with van der Waals surface area (Å²) < 4.78 is 4.01. The second-order valence-corrected chi connectivity index (χ2v) is 5.53. The van der Waals surface area contributed by atoms with Crippen LogP contribution in [0.4, 0.5) is 5.00 Å². The fourth-order valence-corrected chi connectivity index (χ4v) is 2.64. The molecule has 0 bridgehead atoms. The maximum atomic E-state index is 12.0. The number of rotatable bonds is 6. The van der Waals surface area contributed by atoms with Gasteiger partial charge in [-0.2, -0.15) is 4.37 Å². The van der Waals surface area contributed by atoms with Crippen molar-refractivity contribution < 1.29 is 14.7 Å². The highest BCUT2D eigenvalue weighted by atomic mass is 32.1. The molecule has 0 unspecified atom stereocenters. The van der Waals surface area contributed by atoms with Gasteiger partial charge < -0.3 is 15.3 Å². The van der Waals surface area contributed by atoms with E-state index in [1.807, 2.05) is 0 Å². The third-order valence-corrected chi connectivity index (χ3v) is 4.16. The Morgan fingerprint density at radius 1 is 1.53 bits per heavy atom. The molecule has 1 heterocycles. The average molecular weight is 283 g/mol. The van der Waals surface area contributed by atoms with Crippen LogP contribution in [0.15, 0.2) is 0 Å². The van der Waals surface area contributed by atoms with Gasteiger partial charge in [-0.25, -0.2) is 4.79 Å². The van der Waals surface area contributed by atoms with Crippen LogP contribution < -0.4 is 10.2 Å². The first-order chi connectivity index (χ1) is 9.00. The molecule has 0 aliphatic heterocycles. The zero-order valence-electron chi connectivity index (χ0n) is 11.0. The summed E-state index contributed by atoms with van der Waals surface area (Å²) >= 11 is 1.04. The maximum Gasteiger partial charge on any atom is 0.340 e. The van der Waals surface area contributed by atoms with Crippen molar-refractivity contribution in [3.63, 3.8) is 0 Å². The van der Waals surface area contributed by atoms with Crippen molar-refractivity contribution in [1.82, 2.24) is 9.69 Å². The number of aromatic nitrogens is 1. The highest BCUT2D eigenvalue weighted by Crippen LogP contribution is 2.28. The van der Waals surface area contributed by atoms with Gasteiger partial charge in [0.25, 0.3) is 0 Å². The summed E-state index contributed by atoms with van der Waals surface area (Å²) in [6, 6.07) is 0. The zero-order valence-corrected chi connectivity index (χ0v) is 11.8. The van der Waals surface area contributed by atoms with Crippen molar-refractivity contribution in [2.24, 2.45) is 5.92 Å². The van der Waals surface area contributed by atoms with E-state index in [4.69, 9.17) is 5.11 Å². The van der Waals surface area contributed by atoms with E-state index in [0.717, 1.165) is 18.1 Å². The molecule has 1 aliphatic carbocycles. The molecular formula is C12H17N3O3S. The molecule has 1 amide bonds.